The van der Waals surface area contributed by atoms with Gasteiger partial charge < -0.3 is 9.47 Å². The van der Waals surface area contributed by atoms with E-state index >= 15 is 0 Å². The Hall–Kier alpha value is -1.03. The fourth-order valence-electron chi connectivity index (χ4n) is 1.91. The van der Waals surface area contributed by atoms with E-state index < -0.39 is 11.3 Å². The monoisotopic (exact) mass is 255 g/mol. The van der Waals surface area contributed by atoms with Gasteiger partial charge in [0.2, 0.25) is 0 Å². The Morgan fingerprint density at radius 3 is 2.56 bits per heavy atom. The maximum atomic E-state index is 12.1. The Morgan fingerprint density at radius 2 is 2.11 bits per heavy atom. The standard InChI is InChI=1S/C14H25NO3/c1-8-10(2)11-9-15(14(6,7)17-11)12(16)18-13(3,4)5/h8,10-11H,1,9H2,2-7H3/t10-,11+/m1/s1. The first-order chi connectivity index (χ1) is 8.07. The molecule has 2 atom stereocenters. The molecule has 1 fully saturated rings. The van der Waals surface area contributed by atoms with Gasteiger partial charge in [-0.15, -0.1) is 6.58 Å². The van der Waals surface area contributed by atoms with Crippen molar-refractivity contribution in [3.05, 3.63) is 12.7 Å². The van der Waals surface area contributed by atoms with E-state index in [1.165, 1.54) is 0 Å². The van der Waals surface area contributed by atoms with Crippen LogP contribution in [0.1, 0.15) is 41.5 Å². The Labute approximate surface area is 110 Å². The van der Waals surface area contributed by atoms with Gasteiger partial charge in [-0.2, -0.15) is 0 Å². The molecule has 1 rings (SSSR count). The van der Waals surface area contributed by atoms with Crippen LogP contribution in [0.15, 0.2) is 12.7 Å². The minimum absolute atomic E-state index is 0.0231. The van der Waals surface area contributed by atoms with Crippen molar-refractivity contribution in [2.45, 2.75) is 59.0 Å². The van der Waals surface area contributed by atoms with Gasteiger partial charge in [-0.25, -0.2) is 4.79 Å². The van der Waals surface area contributed by atoms with Crippen LogP contribution >= 0.6 is 0 Å². The predicted octanol–water partition coefficient (Wildman–Crippen LogP) is 3.18. The van der Waals surface area contributed by atoms with Gasteiger partial charge in [-0.3, -0.25) is 4.90 Å². The van der Waals surface area contributed by atoms with E-state index in [0.717, 1.165) is 0 Å². The van der Waals surface area contributed by atoms with Gasteiger partial charge in [0.15, 0.2) is 0 Å². The third kappa shape index (κ3) is 3.48. The van der Waals surface area contributed by atoms with Crippen molar-refractivity contribution in [3.8, 4) is 0 Å². The minimum Gasteiger partial charge on any atom is -0.444 e. The molecule has 0 saturated carbocycles. The van der Waals surface area contributed by atoms with E-state index in [1.54, 1.807) is 4.90 Å². The second kappa shape index (κ2) is 4.92. The fourth-order valence-corrected chi connectivity index (χ4v) is 1.91. The summed E-state index contributed by atoms with van der Waals surface area (Å²) < 4.78 is 11.3. The molecule has 0 aromatic heterocycles. The molecule has 1 aliphatic heterocycles. The maximum Gasteiger partial charge on any atom is 0.412 e. The van der Waals surface area contributed by atoms with Crippen LogP contribution in [0.4, 0.5) is 4.79 Å². The summed E-state index contributed by atoms with van der Waals surface area (Å²) >= 11 is 0. The topological polar surface area (TPSA) is 38.8 Å². The molecular formula is C14H25NO3. The molecule has 0 spiro atoms. The molecule has 18 heavy (non-hydrogen) atoms. The first-order valence-corrected chi connectivity index (χ1v) is 6.38. The molecule has 104 valence electrons. The molecule has 1 aliphatic rings. The zero-order chi connectivity index (χ0) is 14.1. The van der Waals surface area contributed by atoms with Crippen LogP contribution in [0, 0.1) is 5.92 Å². The number of carbonyl (C=O) groups is 1. The first kappa shape index (κ1) is 15.0. The summed E-state index contributed by atoms with van der Waals surface area (Å²) in [7, 11) is 0. The van der Waals surface area contributed by atoms with Crippen LogP contribution in [0.3, 0.4) is 0 Å². The Morgan fingerprint density at radius 1 is 1.56 bits per heavy atom. The molecule has 0 unspecified atom stereocenters. The van der Waals surface area contributed by atoms with Crippen LogP contribution in [-0.2, 0) is 9.47 Å². The number of ether oxygens (including phenoxy) is 2. The lowest BCUT2D eigenvalue weighted by Gasteiger charge is -2.31. The van der Waals surface area contributed by atoms with E-state index in [0.29, 0.717) is 6.54 Å². The van der Waals surface area contributed by atoms with Gasteiger partial charge >= 0.3 is 6.09 Å². The van der Waals surface area contributed by atoms with E-state index in [1.807, 2.05) is 47.6 Å². The highest BCUT2D eigenvalue weighted by Crippen LogP contribution is 2.31. The lowest BCUT2D eigenvalue weighted by Crippen LogP contribution is -2.46. The summed E-state index contributed by atoms with van der Waals surface area (Å²) in [6.07, 6.45) is 1.50. The molecule has 0 aromatic rings. The zero-order valence-electron chi connectivity index (χ0n) is 12.3. The smallest absolute Gasteiger partial charge is 0.412 e. The van der Waals surface area contributed by atoms with Gasteiger partial charge in [0.25, 0.3) is 0 Å². The summed E-state index contributed by atoms with van der Waals surface area (Å²) in [6, 6.07) is 0. The second-order valence-electron chi connectivity index (χ2n) is 6.29. The Bertz CT molecular complexity index is 330. The molecule has 4 nitrogen and oxygen atoms in total. The maximum absolute atomic E-state index is 12.1. The second-order valence-corrected chi connectivity index (χ2v) is 6.29. The van der Waals surface area contributed by atoms with E-state index in [-0.39, 0.29) is 18.1 Å². The number of rotatable bonds is 2. The molecule has 1 heterocycles. The lowest BCUT2D eigenvalue weighted by molar-refractivity contribution is -0.0840. The average Bonchev–Trinajstić information content (AvgIpc) is 2.50. The van der Waals surface area contributed by atoms with E-state index in [4.69, 9.17) is 9.47 Å². The number of nitrogens with zero attached hydrogens (tertiary/aromatic N) is 1. The van der Waals surface area contributed by atoms with Gasteiger partial charge in [-0.05, 0) is 34.6 Å². The zero-order valence-corrected chi connectivity index (χ0v) is 12.3. The van der Waals surface area contributed by atoms with E-state index in [9.17, 15) is 4.79 Å². The summed E-state index contributed by atoms with van der Waals surface area (Å²) in [6.45, 7) is 15.7. The molecule has 1 amide bonds. The quantitative estimate of drug-likeness (QED) is 0.711. The number of hydrogen-bond acceptors (Lipinski definition) is 3. The number of hydrogen-bond donors (Lipinski definition) is 0. The van der Waals surface area contributed by atoms with Crippen molar-refractivity contribution in [2.24, 2.45) is 5.92 Å². The SMILES string of the molecule is C=C[C@@H](C)[C@@H]1CN(C(=O)OC(C)(C)C)C(C)(C)O1. The highest BCUT2D eigenvalue weighted by Gasteiger charge is 2.45. The number of carbonyl (C=O) groups excluding carboxylic acids is 1. The summed E-state index contributed by atoms with van der Waals surface area (Å²) in [4.78, 5) is 13.8. The summed E-state index contributed by atoms with van der Waals surface area (Å²) in [5.74, 6) is 0.205. The largest absolute Gasteiger partial charge is 0.444 e. The highest BCUT2D eigenvalue weighted by molar-refractivity contribution is 5.69. The van der Waals surface area contributed by atoms with Crippen LogP contribution < -0.4 is 0 Å². The van der Waals surface area contributed by atoms with Gasteiger partial charge in [-0.1, -0.05) is 13.0 Å². The third-order valence-electron chi connectivity index (χ3n) is 3.02. The molecule has 0 bridgehead atoms. The van der Waals surface area contributed by atoms with Crippen molar-refractivity contribution in [2.75, 3.05) is 6.54 Å². The van der Waals surface area contributed by atoms with Crippen LogP contribution in [0.2, 0.25) is 0 Å². The van der Waals surface area contributed by atoms with Crippen molar-refractivity contribution >= 4 is 6.09 Å². The summed E-state index contributed by atoms with van der Waals surface area (Å²) in [5, 5.41) is 0. The van der Waals surface area contributed by atoms with Gasteiger partial charge in [0.1, 0.15) is 11.3 Å². The molecule has 0 radical (unpaired) electrons. The van der Waals surface area contributed by atoms with Crippen LogP contribution in [0.25, 0.3) is 0 Å². The number of amides is 1. The van der Waals surface area contributed by atoms with Crippen molar-refractivity contribution < 1.29 is 14.3 Å². The van der Waals surface area contributed by atoms with Crippen LogP contribution in [0.5, 0.6) is 0 Å². The lowest BCUT2D eigenvalue weighted by atomic mass is 10.1. The fraction of sp³-hybridized carbons (Fsp3) is 0.786. The predicted molar refractivity (Wildman–Crippen MR) is 71.3 cm³/mol. The summed E-state index contributed by atoms with van der Waals surface area (Å²) in [5.41, 5.74) is -1.13. The molecule has 1 saturated heterocycles. The van der Waals surface area contributed by atoms with Gasteiger partial charge in [0, 0.05) is 5.92 Å². The molecule has 0 N–H and O–H groups in total. The Balaban J connectivity index is 2.77. The van der Waals surface area contributed by atoms with Gasteiger partial charge in [0.05, 0.1) is 12.6 Å². The third-order valence-corrected chi connectivity index (χ3v) is 3.02. The van der Waals surface area contributed by atoms with E-state index in [2.05, 4.69) is 6.58 Å². The van der Waals surface area contributed by atoms with Crippen molar-refractivity contribution in [1.82, 2.24) is 4.90 Å². The molecular weight excluding hydrogens is 230 g/mol. The Kier molecular flexibility index (Phi) is 4.11. The van der Waals surface area contributed by atoms with Crippen molar-refractivity contribution in [1.29, 1.82) is 0 Å². The van der Waals surface area contributed by atoms with Crippen molar-refractivity contribution in [3.63, 3.8) is 0 Å². The molecule has 4 heteroatoms. The first-order valence-electron chi connectivity index (χ1n) is 6.38. The highest BCUT2D eigenvalue weighted by atomic mass is 16.6. The van der Waals surface area contributed by atoms with Crippen LogP contribution in [-0.4, -0.2) is 35.0 Å². The minimum atomic E-state index is -0.635. The molecule has 0 aliphatic carbocycles. The molecule has 0 aromatic carbocycles. The average molecular weight is 255 g/mol. The normalized spacial score (nSPS) is 24.8.